The van der Waals surface area contributed by atoms with Gasteiger partial charge < -0.3 is 4.74 Å². The highest BCUT2D eigenvalue weighted by molar-refractivity contribution is 9.10. The van der Waals surface area contributed by atoms with Crippen LogP contribution in [0.2, 0.25) is 5.02 Å². The van der Waals surface area contributed by atoms with E-state index in [0.717, 1.165) is 4.47 Å². The van der Waals surface area contributed by atoms with E-state index < -0.39 is 5.97 Å². The van der Waals surface area contributed by atoms with Gasteiger partial charge in [-0.2, -0.15) is 5.10 Å². The van der Waals surface area contributed by atoms with Gasteiger partial charge in [-0.05, 0) is 28.9 Å². The molecule has 3 heterocycles. The molecule has 3 rings (SSSR count). The molecule has 0 saturated heterocycles. The minimum absolute atomic E-state index is 0.217. The van der Waals surface area contributed by atoms with Crippen LogP contribution in [0, 0.1) is 0 Å². The van der Waals surface area contributed by atoms with Gasteiger partial charge in [0, 0.05) is 29.5 Å². The van der Waals surface area contributed by atoms with Crippen molar-refractivity contribution >= 4 is 44.5 Å². The highest BCUT2D eigenvalue weighted by Crippen LogP contribution is 2.34. The lowest BCUT2D eigenvalue weighted by Crippen LogP contribution is -2.09. The van der Waals surface area contributed by atoms with E-state index >= 15 is 0 Å². The van der Waals surface area contributed by atoms with Crippen molar-refractivity contribution in [1.29, 1.82) is 0 Å². The van der Waals surface area contributed by atoms with Gasteiger partial charge in [0.15, 0.2) is 5.65 Å². The molecule has 0 unspecified atom stereocenters. The van der Waals surface area contributed by atoms with Gasteiger partial charge in [-0.3, -0.25) is 9.67 Å². The van der Waals surface area contributed by atoms with Crippen LogP contribution in [0.5, 0.6) is 0 Å². The van der Waals surface area contributed by atoms with Gasteiger partial charge in [0.05, 0.1) is 28.9 Å². The second-order valence-electron chi connectivity index (χ2n) is 4.77. The van der Waals surface area contributed by atoms with Gasteiger partial charge in [0.25, 0.3) is 0 Å². The molecule has 0 aliphatic rings. The Hall–Kier alpha value is -1.99. The molecule has 0 amide bonds. The number of aryl methyl sites for hydroxylation is 1. The van der Waals surface area contributed by atoms with Crippen LogP contribution in [0.15, 0.2) is 29.1 Å². The summed E-state index contributed by atoms with van der Waals surface area (Å²) in [5, 5.41) is 5.02. The monoisotopic (exact) mass is 394 g/mol. The Morgan fingerprint density at radius 2 is 2.17 bits per heavy atom. The standard InChI is InChI=1S/C15H12BrClN4O2/c1-3-23-15(22)11-12(17)10-7-19-21(2)14(10)20-13(11)8-4-9(16)6-18-5-8/h4-7H,3H2,1-2H3. The van der Waals surface area contributed by atoms with E-state index in [-0.39, 0.29) is 17.2 Å². The van der Waals surface area contributed by atoms with E-state index in [2.05, 4.69) is 31.0 Å². The van der Waals surface area contributed by atoms with E-state index in [1.54, 1.807) is 37.2 Å². The molecule has 0 radical (unpaired) electrons. The molecule has 3 aromatic rings. The third kappa shape index (κ3) is 2.82. The molecule has 8 heteroatoms. The van der Waals surface area contributed by atoms with Crippen LogP contribution in [0.3, 0.4) is 0 Å². The summed E-state index contributed by atoms with van der Waals surface area (Å²) < 4.78 is 7.51. The van der Waals surface area contributed by atoms with Gasteiger partial charge in [-0.15, -0.1) is 0 Å². The lowest BCUT2D eigenvalue weighted by Gasteiger charge is -2.11. The summed E-state index contributed by atoms with van der Waals surface area (Å²) in [6.07, 6.45) is 4.85. The number of ether oxygens (including phenoxy) is 1. The predicted octanol–water partition coefficient (Wildman–Crippen LogP) is 3.62. The fraction of sp³-hybridized carbons (Fsp3) is 0.200. The van der Waals surface area contributed by atoms with Crippen LogP contribution in [-0.2, 0) is 11.8 Å². The molecule has 0 saturated carbocycles. The molecule has 3 aromatic heterocycles. The molecule has 0 fully saturated rings. The van der Waals surface area contributed by atoms with Gasteiger partial charge in [-0.1, -0.05) is 11.6 Å². The first-order chi connectivity index (χ1) is 11.0. The van der Waals surface area contributed by atoms with Crippen LogP contribution in [0.25, 0.3) is 22.3 Å². The molecule has 118 valence electrons. The zero-order valence-corrected chi connectivity index (χ0v) is 14.7. The maximum atomic E-state index is 12.4. The molecule has 23 heavy (non-hydrogen) atoms. The summed E-state index contributed by atoms with van der Waals surface area (Å²) in [4.78, 5) is 21.1. The summed E-state index contributed by atoms with van der Waals surface area (Å²) in [5.74, 6) is -0.522. The maximum absolute atomic E-state index is 12.4. The molecule has 0 aliphatic heterocycles. The quantitative estimate of drug-likeness (QED) is 0.634. The zero-order valence-electron chi connectivity index (χ0n) is 12.4. The van der Waals surface area contributed by atoms with Crippen LogP contribution < -0.4 is 0 Å². The first-order valence-electron chi connectivity index (χ1n) is 6.82. The fourth-order valence-corrected chi connectivity index (χ4v) is 2.92. The molecule has 0 spiro atoms. The van der Waals surface area contributed by atoms with Gasteiger partial charge in [-0.25, -0.2) is 9.78 Å². The van der Waals surface area contributed by atoms with E-state index in [1.807, 2.05) is 6.07 Å². The van der Waals surface area contributed by atoms with Crippen molar-refractivity contribution in [2.75, 3.05) is 6.61 Å². The summed E-state index contributed by atoms with van der Waals surface area (Å²) in [5.41, 5.74) is 1.87. The van der Waals surface area contributed by atoms with Crippen molar-refractivity contribution < 1.29 is 9.53 Å². The largest absolute Gasteiger partial charge is 0.462 e. The molecule has 0 N–H and O–H groups in total. The summed E-state index contributed by atoms with van der Waals surface area (Å²) in [6.45, 7) is 1.98. The zero-order chi connectivity index (χ0) is 16.6. The summed E-state index contributed by atoms with van der Waals surface area (Å²) in [6, 6.07) is 1.82. The van der Waals surface area contributed by atoms with Crippen LogP contribution in [0.4, 0.5) is 0 Å². The number of carbonyl (C=O) groups is 1. The molecular weight excluding hydrogens is 384 g/mol. The summed E-state index contributed by atoms with van der Waals surface area (Å²) >= 11 is 9.82. The van der Waals surface area contributed by atoms with Crippen molar-refractivity contribution in [1.82, 2.24) is 19.7 Å². The predicted molar refractivity (Wildman–Crippen MR) is 90.4 cm³/mol. The van der Waals surface area contributed by atoms with Gasteiger partial charge in [0.1, 0.15) is 5.56 Å². The third-order valence-corrected chi connectivity index (χ3v) is 4.10. The number of carbonyl (C=O) groups excluding carboxylic acids is 1. The highest BCUT2D eigenvalue weighted by atomic mass is 79.9. The molecule has 0 aliphatic carbocycles. The Balaban J connectivity index is 2.35. The number of hydrogen-bond acceptors (Lipinski definition) is 5. The SMILES string of the molecule is CCOC(=O)c1c(-c2cncc(Br)c2)nc2c(cnn2C)c1Cl. The summed E-state index contributed by atoms with van der Waals surface area (Å²) in [7, 11) is 1.76. The Labute approximate surface area is 145 Å². The first kappa shape index (κ1) is 15.9. The normalized spacial score (nSPS) is 11.0. The fourth-order valence-electron chi connectivity index (χ4n) is 2.26. The Bertz CT molecular complexity index is 910. The topological polar surface area (TPSA) is 69.9 Å². The molecule has 0 atom stereocenters. The number of rotatable bonds is 3. The van der Waals surface area contributed by atoms with Crippen molar-refractivity contribution in [3.05, 3.63) is 39.7 Å². The third-order valence-electron chi connectivity index (χ3n) is 3.28. The smallest absolute Gasteiger partial charge is 0.341 e. The Morgan fingerprint density at radius 1 is 1.39 bits per heavy atom. The number of hydrogen-bond donors (Lipinski definition) is 0. The number of nitrogens with zero attached hydrogens (tertiary/aromatic N) is 4. The molecular formula is C15H12BrClN4O2. The van der Waals surface area contributed by atoms with Crippen molar-refractivity contribution in [3.8, 4) is 11.3 Å². The Kier molecular flexibility index (Phi) is 4.32. The minimum Gasteiger partial charge on any atom is -0.462 e. The number of pyridine rings is 2. The van der Waals surface area contributed by atoms with Crippen LogP contribution >= 0.6 is 27.5 Å². The molecule has 0 bridgehead atoms. The van der Waals surface area contributed by atoms with Gasteiger partial charge >= 0.3 is 5.97 Å². The highest BCUT2D eigenvalue weighted by Gasteiger charge is 2.24. The lowest BCUT2D eigenvalue weighted by atomic mass is 10.1. The number of aromatic nitrogens is 4. The molecule has 6 nitrogen and oxygen atoms in total. The number of esters is 1. The average molecular weight is 396 g/mol. The first-order valence-corrected chi connectivity index (χ1v) is 7.99. The number of halogens is 2. The average Bonchev–Trinajstić information content (AvgIpc) is 2.89. The van der Waals surface area contributed by atoms with Crippen molar-refractivity contribution in [2.24, 2.45) is 7.05 Å². The number of fused-ring (bicyclic) bond motifs is 1. The van der Waals surface area contributed by atoms with E-state index in [4.69, 9.17) is 16.3 Å². The van der Waals surface area contributed by atoms with E-state index in [0.29, 0.717) is 22.3 Å². The molecule has 0 aromatic carbocycles. The maximum Gasteiger partial charge on any atom is 0.341 e. The minimum atomic E-state index is -0.522. The Morgan fingerprint density at radius 3 is 2.87 bits per heavy atom. The van der Waals surface area contributed by atoms with E-state index in [1.165, 1.54) is 0 Å². The van der Waals surface area contributed by atoms with Gasteiger partial charge in [0.2, 0.25) is 0 Å². The van der Waals surface area contributed by atoms with Crippen molar-refractivity contribution in [3.63, 3.8) is 0 Å². The lowest BCUT2D eigenvalue weighted by molar-refractivity contribution is 0.0527. The second-order valence-corrected chi connectivity index (χ2v) is 6.06. The van der Waals surface area contributed by atoms with Crippen LogP contribution in [-0.4, -0.2) is 32.3 Å². The van der Waals surface area contributed by atoms with E-state index in [9.17, 15) is 4.79 Å². The second kappa shape index (κ2) is 6.25. The van der Waals surface area contributed by atoms with Crippen molar-refractivity contribution in [2.45, 2.75) is 6.92 Å². The van der Waals surface area contributed by atoms with Crippen LogP contribution in [0.1, 0.15) is 17.3 Å².